The van der Waals surface area contributed by atoms with Crippen LogP contribution in [0.5, 0.6) is 11.5 Å². The summed E-state index contributed by atoms with van der Waals surface area (Å²) in [5.74, 6) is -0.330. The van der Waals surface area contributed by atoms with Gasteiger partial charge in [0.05, 0.1) is 16.9 Å². The second-order valence-electron chi connectivity index (χ2n) is 6.15. The molecule has 0 atom stereocenters. The number of sulfonamides is 1. The highest BCUT2D eigenvalue weighted by Gasteiger charge is 2.21. The maximum atomic E-state index is 12.3. The molecule has 0 saturated carbocycles. The second kappa shape index (κ2) is 9.20. The van der Waals surface area contributed by atoms with Crippen molar-refractivity contribution in [1.29, 1.82) is 0 Å². The van der Waals surface area contributed by atoms with Crippen molar-refractivity contribution < 1.29 is 27.5 Å². The first kappa shape index (κ1) is 22.3. The van der Waals surface area contributed by atoms with Crippen LogP contribution in [-0.4, -0.2) is 39.1 Å². The van der Waals surface area contributed by atoms with E-state index in [-0.39, 0.29) is 22.4 Å². The van der Waals surface area contributed by atoms with Crippen LogP contribution in [0.15, 0.2) is 57.3 Å². The molecule has 1 aliphatic rings. The van der Waals surface area contributed by atoms with Crippen LogP contribution < -0.4 is 25.7 Å². The van der Waals surface area contributed by atoms with Gasteiger partial charge in [-0.25, -0.2) is 13.6 Å². The molecule has 0 bridgehead atoms. The minimum Gasteiger partial charge on any atom is -0.493 e. The summed E-state index contributed by atoms with van der Waals surface area (Å²) in [6.45, 7) is -0.368. The number of rotatable bonds is 7. The highest BCUT2D eigenvalue weighted by molar-refractivity contribution is 8.18. The standard InChI is InChI=1S/C19H18N4O6S2/c1-28-14-4-2-3-11(9-15-18(25)23-19(20)30-15)17(14)29-10-16(24)22-12-5-7-13(8-6-12)31(21,26)27/h2-9H,10H2,1H3,(H,22,24)(H2,20,23,25)(H2,21,26,27)/b15-9-. The van der Waals surface area contributed by atoms with Crippen LogP contribution in [0.25, 0.3) is 6.08 Å². The van der Waals surface area contributed by atoms with E-state index in [9.17, 15) is 18.0 Å². The van der Waals surface area contributed by atoms with Gasteiger partial charge in [-0.1, -0.05) is 12.1 Å². The second-order valence-corrected chi connectivity index (χ2v) is 8.77. The minimum atomic E-state index is -3.82. The molecule has 2 amide bonds. The van der Waals surface area contributed by atoms with Gasteiger partial charge in [0.2, 0.25) is 10.0 Å². The smallest absolute Gasteiger partial charge is 0.286 e. The van der Waals surface area contributed by atoms with E-state index in [4.69, 9.17) is 20.3 Å². The monoisotopic (exact) mass is 462 g/mol. The fraction of sp³-hybridized carbons (Fsp3) is 0.105. The van der Waals surface area contributed by atoms with Crippen molar-refractivity contribution >= 4 is 50.5 Å². The molecule has 2 aromatic rings. The van der Waals surface area contributed by atoms with E-state index in [2.05, 4.69) is 10.3 Å². The SMILES string of the molecule is COc1cccc(/C=C2\SC(N)=NC2=O)c1OCC(=O)Nc1ccc(S(N)(=O)=O)cc1. The van der Waals surface area contributed by atoms with Gasteiger partial charge in [-0.05, 0) is 48.2 Å². The lowest BCUT2D eigenvalue weighted by Crippen LogP contribution is -2.20. The molecule has 31 heavy (non-hydrogen) atoms. The lowest BCUT2D eigenvalue weighted by Gasteiger charge is -2.14. The van der Waals surface area contributed by atoms with Crippen LogP contribution in [0.4, 0.5) is 5.69 Å². The van der Waals surface area contributed by atoms with Crippen molar-refractivity contribution in [3.63, 3.8) is 0 Å². The molecular weight excluding hydrogens is 444 g/mol. The summed E-state index contributed by atoms with van der Waals surface area (Å²) in [6, 6.07) is 10.4. The zero-order valence-corrected chi connectivity index (χ0v) is 17.8. The fourth-order valence-electron chi connectivity index (χ4n) is 2.59. The number of thioether (sulfide) groups is 1. The molecule has 1 aliphatic heterocycles. The number of amidine groups is 1. The number of carbonyl (C=O) groups is 2. The Bertz CT molecular complexity index is 1190. The van der Waals surface area contributed by atoms with Crippen molar-refractivity contribution in [1.82, 2.24) is 0 Å². The molecule has 3 rings (SSSR count). The molecule has 0 saturated heterocycles. The molecule has 5 N–H and O–H groups in total. The van der Waals surface area contributed by atoms with Crippen molar-refractivity contribution in [3.05, 3.63) is 52.9 Å². The Morgan fingerprint density at radius 3 is 2.52 bits per heavy atom. The Kier molecular flexibility index (Phi) is 6.63. The molecule has 1 heterocycles. The summed E-state index contributed by atoms with van der Waals surface area (Å²) in [5, 5.41) is 7.78. The summed E-state index contributed by atoms with van der Waals surface area (Å²) in [4.78, 5) is 28.1. The number of primary sulfonamides is 1. The molecule has 162 valence electrons. The fourth-order valence-corrected chi connectivity index (χ4v) is 3.78. The molecule has 0 fully saturated rings. The van der Waals surface area contributed by atoms with Crippen LogP contribution in [0, 0.1) is 0 Å². The molecule has 0 aliphatic carbocycles. The number of carbonyl (C=O) groups excluding carboxylic acids is 2. The summed E-state index contributed by atoms with van der Waals surface area (Å²) in [7, 11) is -2.38. The van der Waals surface area contributed by atoms with E-state index >= 15 is 0 Å². The average molecular weight is 463 g/mol. The number of hydrogen-bond acceptors (Lipinski definition) is 8. The van der Waals surface area contributed by atoms with E-state index in [1.165, 1.54) is 31.4 Å². The maximum Gasteiger partial charge on any atom is 0.286 e. The third-order valence-electron chi connectivity index (χ3n) is 3.97. The van der Waals surface area contributed by atoms with Crippen molar-refractivity contribution in [2.75, 3.05) is 19.0 Å². The third-order valence-corrected chi connectivity index (χ3v) is 5.71. The zero-order valence-electron chi connectivity index (χ0n) is 16.2. The first-order valence-electron chi connectivity index (χ1n) is 8.68. The van der Waals surface area contributed by atoms with Crippen LogP contribution in [-0.2, 0) is 19.6 Å². The molecule has 10 nitrogen and oxygen atoms in total. The lowest BCUT2D eigenvalue weighted by molar-refractivity contribution is -0.118. The minimum absolute atomic E-state index is 0.0719. The number of para-hydroxylation sites is 1. The van der Waals surface area contributed by atoms with Crippen LogP contribution in [0.3, 0.4) is 0 Å². The first-order chi connectivity index (χ1) is 14.7. The number of nitrogens with zero attached hydrogens (tertiary/aromatic N) is 1. The van der Waals surface area contributed by atoms with Gasteiger partial charge < -0.3 is 20.5 Å². The molecule has 0 spiro atoms. The van der Waals surface area contributed by atoms with Crippen LogP contribution in [0.2, 0.25) is 0 Å². The molecule has 2 aromatic carbocycles. The highest BCUT2D eigenvalue weighted by Crippen LogP contribution is 2.35. The van der Waals surface area contributed by atoms with E-state index in [1.807, 2.05) is 0 Å². The van der Waals surface area contributed by atoms with Gasteiger partial charge in [0, 0.05) is 11.3 Å². The molecule has 0 aromatic heterocycles. The van der Waals surface area contributed by atoms with E-state index < -0.39 is 21.8 Å². The summed E-state index contributed by atoms with van der Waals surface area (Å²) < 4.78 is 33.5. The topological polar surface area (TPSA) is 163 Å². The largest absolute Gasteiger partial charge is 0.493 e. The normalized spacial score (nSPS) is 15.0. The number of benzene rings is 2. The predicted octanol–water partition coefficient (Wildman–Crippen LogP) is 1.29. The predicted molar refractivity (Wildman–Crippen MR) is 117 cm³/mol. The molecule has 0 radical (unpaired) electrons. The van der Waals surface area contributed by atoms with Gasteiger partial charge >= 0.3 is 0 Å². The number of ether oxygens (including phenoxy) is 2. The van der Waals surface area contributed by atoms with Gasteiger partial charge in [0.25, 0.3) is 11.8 Å². The number of methoxy groups -OCH3 is 1. The first-order valence-corrected chi connectivity index (χ1v) is 11.0. The van der Waals surface area contributed by atoms with Crippen molar-refractivity contribution in [2.45, 2.75) is 4.90 Å². The number of amides is 2. The quantitative estimate of drug-likeness (QED) is 0.518. The van der Waals surface area contributed by atoms with Gasteiger partial charge in [0.1, 0.15) is 0 Å². The summed E-state index contributed by atoms with van der Waals surface area (Å²) >= 11 is 1.03. The third kappa shape index (κ3) is 5.63. The summed E-state index contributed by atoms with van der Waals surface area (Å²) in [5.41, 5.74) is 6.44. The van der Waals surface area contributed by atoms with Gasteiger partial charge in [-0.3, -0.25) is 9.59 Å². The Labute approximate surface area is 182 Å². The highest BCUT2D eigenvalue weighted by atomic mass is 32.2. The number of hydrogen-bond donors (Lipinski definition) is 3. The van der Waals surface area contributed by atoms with Crippen LogP contribution in [0.1, 0.15) is 5.56 Å². The van der Waals surface area contributed by atoms with Crippen LogP contribution >= 0.6 is 11.8 Å². The van der Waals surface area contributed by atoms with Crippen molar-refractivity contribution in [3.8, 4) is 11.5 Å². The Morgan fingerprint density at radius 2 is 1.94 bits per heavy atom. The maximum absolute atomic E-state index is 12.3. The van der Waals surface area contributed by atoms with E-state index in [0.717, 1.165) is 11.8 Å². The van der Waals surface area contributed by atoms with E-state index in [1.54, 1.807) is 24.3 Å². The number of nitrogens with one attached hydrogen (secondary N) is 1. The number of nitrogens with two attached hydrogens (primary N) is 2. The van der Waals surface area contributed by atoms with Gasteiger partial charge in [0.15, 0.2) is 23.3 Å². The number of aliphatic imine (C=N–C) groups is 1. The average Bonchev–Trinajstić information content (AvgIpc) is 3.03. The van der Waals surface area contributed by atoms with E-state index in [0.29, 0.717) is 21.9 Å². The zero-order chi connectivity index (χ0) is 22.6. The molecule has 0 unspecified atom stereocenters. The van der Waals surface area contributed by atoms with Gasteiger partial charge in [-0.2, -0.15) is 4.99 Å². The Balaban J connectivity index is 1.73. The number of anilines is 1. The molecular formula is C19H18N4O6S2. The lowest BCUT2D eigenvalue weighted by atomic mass is 10.1. The van der Waals surface area contributed by atoms with Crippen molar-refractivity contribution in [2.24, 2.45) is 15.9 Å². The molecule has 12 heteroatoms. The van der Waals surface area contributed by atoms with Gasteiger partial charge in [-0.15, -0.1) is 0 Å². The summed E-state index contributed by atoms with van der Waals surface area (Å²) in [6.07, 6.45) is 1.55. The Hall–Kier alpha value is -3.35. The Morgan fingerprint density at radius 1 is 1.23 bits per heavy atom.